The van der Waals surface area contributed by atoms with Gasteiger partial charge in [0.05, 0.1) is 17.4 Å². The molecular weight excluding hydrogens is 369 g/mol. The topological polar surface area (TPSA) is 59.8 Å². The van der Waals surface area contributed by atoms with Crippen LogP contribution in [0.5, 0.6) is 0 Å². The Balaban J connectivity index is 1.64. The number of amides is 1. The molecule has 0 fully saturated rings. The highest BCUT2D eigenvalue weighted by Gasteiger charge is 2.29. The van der Waals surface area contributed by atoms with Crippen molar-refractivity contribution in [1.29, 1.82) is 0 Å². The third kappa shape index (κ3) is 4.20. The van der Waals surface area contributed by atoms with E-state index in [9.17, 15) is 18.0 Å². The smallest absolute Gasteiger partial charge is 0.347 e. The van der Waals surface area contributed by atoms with Crippen molar-refractivity contribution < 1.29 is 18.0 Å². The van der Waals surface area contributed by atoms with Gasteiger partial charge in [-0.05, 0) is 35.9 Å². The minimum atomic E-state index is -4.39. The molecule has 0 saturated carbocycles. The number of carbonyl (C=O) groups is 1. The van der Waals surface area contributed by atoms with E-state index in [2.05, 4.69) is 15.6 Å². The quantitative estimate of drug-likeness (QED) is 0.747. The number of alkyl halides is 3. The van der Waals surface area contributed by atoms with Gasteiger partial charge >= 0.3 is 6.18 Å². The molecule has 5 nitrogen and oxygen atoms in total. The van der Waals surface area contributed by atoms with Gasteiger partial charge in [0.15, 0.2) is 5.69 Å². The SMILES string of the molecule is O=C(NCc1ccc(C(F)(F)F)cc1)c1cn(-c2cccc(Cl)c2)nn1. The molecule has 0 aliphatic heterocycles. The highest BCUT2D eigenvalue weighted by atomic mass is 35.5. The summed E-state index contributed by atoms with van der Waals surface area (Å²) >= 11 is 5.91. The molecule has 3 rings (SSSR count). The van der Waals surface area contributed by atoms with E-state index in [0.29, 0.717) is 16.3 Å². The van der Waals surface area contributed by atoms with Crippen molar-refractivity contribution in [2.45, 2.75) is 12.7 Å². The van der Waals surface area contributed by atoms with Gasteiger partial charge in [0.1, 0.15) is 0 Å². The Morgan fingerprint density at radius 1 is 1.15 bits per heavy atom. The van der Waals surface area contributed by atoms with Crippen LogP contribution in [0.2, 0.25) is 5.02 Å². The van der Waals surface area contributed by atoms with Crippen LogP contribution >= 0.6 is 11.6 Å². The minimum Gasteiger partial charge on any atom is -0.347 e. The van der Waals surface area contributed by atoms with Gasteiger partial charge in [0.25, 0.3) is 5.91 Å². The fourth-order valence-electron chi connectivity index (χ4n) is 2.20. The van der Waals surface area contributed by atoms with Crippen LogP contribution in [0.1, 0.15) is 21.6 Å². The molecule has 0 spiro atoms. The van der Waals surface area contributed by atoms with E-state index in [1.807, 2.05) is 0 Å². The van der Waals surface area contributed by atoms with E-state index < -0.39 is 17.6 Å². The molecule has 0 unspecified atom stereocenters. The van der Waals surface area contributed by atoms with Gasteiger partial charge in [0.2, 0.25) is 0 Å². The average Bonchev–Trinajstić information content (AvgIpc) is 3.09. The van der Waals surface area contributed by atoms with Crippen molar-refractivity contribution in [2.75, 3.05) is 0 Å². The molecule has 9 heteroatoms. The molecule has 0 radical (unpaired) electrons. The Morgan fingerprint density at radius 2 is 1.88 bits per heavy atom. The van der Waals surface area contributed by atoms with Crippen molar-refractivity contribution in [3.8, 4) is 5.69 Å². The molecule has 2 aromatic carbocycles. The number of nitrogens with zero attached hydrogens (tertiary/aromatic N) is 3. The summed E-state index contributed by atoms with van der Waals surface area (Å²) in [6.07, 6.45) is -2.95. The van der Waals surface area contributed by atoms with Crippen molar-refractivity contribution in [1.82, 2.24) is 20.3 Å². The maximum Gasteiger partial charge on any atom is 0.416 e. The predicted octanol–water partition coefficient (Wildman–Crippen LogP) is 3.87. The number of aromatic nitrogens is 3. The lowest BCUT2D eigenvalue weighted by molar-refractivity contribution is -0.137. The number of halogens is 4. The van der Waals surface area contributed by atoms with Crippen molar-refractivity contribution in [3.05, 3.63) is 76.6 Å². The number of rotatable bonds is 4. The Bertz CT molecular complexity index is 922. The van der Waals surface area contributed by atoms with Crippen LogP contribution in [-0.2, 0) is 12.7 Å². The summed E-state index contributed by atoms with van der Waals surface area (Å²) in [5.74, 6) is -0.488. The predicted molar refractivity (Wildman–Crippen MR) is 89.0 cm³/mol. The van der Waals surface area contributed by atoms with Crippen LogP contribution in [0.25, 0.3) is 5.69 Å². The Labute approximate surface area is 151 Å². The molecule has 3 aromatic rings. The second kappa shape index (κ2) is 7.17. The summed E-state index contributed by atoms with van der Waals surface area (Å²) in [6, 6.07) is 11.4. The number of benzene rings is 2. The molecule has 134 valence electrons. The molecule has 1 amide bonds. The highest BCUT2D eigenvalue weighted by molar-refractivity contribution is 6.30. The van der Waals surface area contributed by atoms with Gasteiger partial charge in [-0.25, -0.2) is 4.68 Å². The van der Waals surface area contributed by atoms with Gasteiger partial charge in [-0.3, -0.25) is 4.79 Å². The lowest BCUT2D eigenvalue weighted by Gasteiger charge is -2.08. The van der Waals surface area contributed by atoms with Crippen LogP contribution in [-0.4, -0.2) is 20.9 Å². The monoisotopic (exact) mass is 380 g/mol. The molecular formula is C17H12ClF3N4O. The number of carbonyl (C=O) groups excluding carboxylic acids is 1. The Hall–Kier alpha value is -2.87. The van der Waals surface area contributed by atoms with Crippen LogP contribution in [0.15, 0.2) is 54.7 Å². The molecule has 0 aliphatic carbocycles. The zero-order chi connectivity index (χ0) is 18.7. The van der Waals surface area contributed by atoms with E-state index in [1.54, 1.807) is 24.3 Å². The first-order valence-electron chi connectivity index (χ1n) is 7.45. The maximum atomic E-state index is 12.5. The summed E-state index contributed by atoms with van der Waals surface area (Å²) < 4.78 is 39.0. The summed E-state index contributed by atoms with van der Waals surface area (Å²) in [4.78, 5) is 12.1. The first-order valence-corrected chi connectivity index (χ1v) is 7.83. The number of hydrogen-bond donors (Lipinski definition) is 1. The minimum absolute atomic E-state index is 0.0704. The molecule has 0 aliphatic rings. The average molecular weight is 381 g/mol. The Morgan fingerprint density at radius 3 is 2.54 bits per heavy atom. The Kier molecular flexibility index (Phi) is 4.94. The van der Waals surface area contributed by atoms with Crippen molar-refractivity contribution >= 4 is 17.5 Å². The van der Waals surface area contributed by atoms with E-state index in [1.165, 1.54) is 23.0 Å². The molecule has 0 saturated heterocycles. The van der Waals surface area contributed by atoms with E-state index in [-0.39, 0.29) is 12.2 Å². The summed E-state index contributed by atoms with van der Waals surface area (Å²) in [5.41, 5.74) is 0.523. The summed E-state index contributed by atoms with van der Waals surface area (Å²) in [6.45, 7) is 0.0704. The third-order valence-corrected chi connectivity index (χ3v) is 3.77. The zero-order valence-electron chi connectivity index (χ0n) is 13.2. The normalized spacial score (nSPS) is 11.4. The second-order valence-electron chi connectivity index (χ2n) is 5.41. The molecule has 1 heterocycles. The zero-order valence-corrected chi connectivity index (χ0v) is 13.9. The lowest BCUT2D eigenvalue weighted by atomic mass is 10.1. The van der Waals surface area contributed by atoms with Gasteiger partial charge in [0, 0.05) is 11.6 Å². The fourth-order valence-corrected chi connectivity index (χ4v) is 2.38. The van der Waals surface area contributed by atoms with E-state index in [4.69, 9.17) is 11.6 Å². The molecule has 1 N–H and O–H groups in total. The van der Waals surface area contributed by atoms with Crippen molar-refractivity contribution in [2.24, 2.45) is 0 Å². The van der Waals surface area contributed by atoms with Crippen LogP contribution in [0.3, 0.4) is 0 Å². The number of nitrogens with one attached hydrogen (secondary N) is 1. The number of hydrogen-bond acceptors (Lipinski definition) is 3. The lowest BCUT2D eigenvalue weighted by Crippen LogP contribution is -2.23. The van der Waals surface area contributed by atoms with Crippen LogP contribution in [0.4, 0.5) is 13.2 Å². The molecule has 0 atom stereocenters. The summed E-state index contributed by atoms with van der Waals surface area (Å²) in [5, 5.41) is 10.8. The van der Waals surface area contributed by atoms with Gasteiger partial charge in [-0.15, -0.1) is 5.10 Å². The fraction of sp³-hybridized carbons (Fsp3) is 0.118. The molecule has 0 bridgehead atoms. The van der Waals surface area contributed by atoms with Gasteiger partial charge < -0.3 is 5.32 Å². The van der Waals surface area contributed by atoms with E-state index in [0.717, 1.165) is 12.1 Å². The van der Waals surface area contributed by atoms with E-state index >= 15 is 0 Å². The first kappa shape index (κ1) is 17.9. The van der Waals surface area contributed by atoms with Gasteiger partial charge in [-0.2, -0.15) is 13.2 Å². The second-order valence-corrected chi connectivity index (χ2v) is 5.84. The molecule has 1 aromatic heterocycles. The third-order valence-electron chi connectivity index (χ3n) is 3.53. The maximum absolute atomic E-state index is 12.5. The van der Waals surface area contributed by atoms with Crippen LogP contribution in [0, 0.1) is 0 Å². The van der Waals surface area contributed by atoms with Gasteiger partial charge in [-0.1, -0.05) is 35.0 Å². The highest BCUT2D eigenvalue weighted by Crippen LogP contribution is 2.29. The first-order chi connectivity index (χ1) is 12.3. The standard InChI is InChI=1S/C17H12ClF3N4O/c18-13-2-1-3-14(8-13)25-10-15(23-24-25)16(26)22-9-11-4-6-12(7-5-11)17(19,20)21/h1-8,10H,9H2,(H,22,26). The largest absolute Gasteiger partial charge is 0.416 e. The summed E-state index contributed by atoms with van der Waals surface area (Å²) in [7, 11) is 0. The molecule has 26 heavy (non-hydrogen) atoms. The van der Waals surface area contributed by atoms with Crippen LogP contribution < -0.4 is 5.32 Å². The van der Waals surface area contributed by atoms with Crippen molar-refractivity contribution in [3.63, 3.8) is 0 Å².